The van der Waals surface area contributed by atoms with Gasteiger partial charge in [0.05, 0.1) is 0 Å². The predicted molar refractivity (Wildman–Crippen MR) is 86.3 cm³/mol. The Kier molecular flexibility index (Phi) is 4.32. The highest BCUT2D eigenvalue weighted by Crippen LogP contribution is 2.27. The monoisotopic (exact) mass is 303 g/mol. The Labute approximate surface area is 131 Å². The van der Waals surface area contributed by atoms with Crippen molar-refractivity contribution in [2.75, 3.05) is 6.54 Å². The third-order valence-electron chi connectivity index (χ3n) is 3.95. The van der Waals surface area contributed by atoms with Gasteiger partial charge < -0.3 is 0 Å². The molecule has 3 rings (SSSR count). The van der Waals surface area contributed by atoms with E-state index in [1.165, 1.54) is 16.8 Å². The minimum absolute atomic E-state index is 0.590. The molecule has 21 heavy (non-hydrogen) atoms. The number of benzene rings is 1. The van der Waals surface area contributed by atoms with Crippen LogP contribution >= 0.6 is 11.6 Å². The van der Waals surface area contributed by atoms with Crippen molar-refractivity contribution in [3.63, 3.8) is 0 Å². The standard InChI is InChI=1S/C17H22ClN3/c1-13(2)10-21-16-8-9-20(12-15(16)17(18)19-21)11-14-6-4-3-5-7-14/h3-7,13H,8-12H2,1-2H3. The summed E-state index contributed by atoms with van der Waals surface area (Å²) in [6.45, 7) is 8.34. The summed E-state index contributed by atoms with van der Waals surface area (Å²) in [5.74, 6) is 0.590. The molecule has 0 bridgehead atoms. The number of hydrogen-bond donors (Lipinski definition) is 0. The van der Waals surface area contributed by atoms with Gasteiger partial charge in [0.2, 0.25) is 0 Å². The molecule has 4 heteroatoms. The average Bonchev–Trinajstić information content (AvgIpc) is 2.75. The highest BCUT2D eigenvalue weighted by Gasteiger charge is 2.24. The van der Waals surface area contributed by atoms with Gasteiger partial charge >= 0.3 is 0 Å². The molecule has 0 saturated carbocycles. The molecule has 1 aliphatic rings. The van der Waals surface area contributed by atoms with Crippen LogP contribution in [0.15, 0.2) is 30.3 Å². The molecular weight excluding hydrogens is 282 g/mol. The predicted octanol–water partition coefficient (Wildman–Crippen LogP) is 3.75. The van der Waals surface area contributed by atoms with Gasteiger partial charge in [-0.1, -0.05) is 55.8 Å². The van der Waals surface area contributed by atoms with Crippen LogP contribution in [0.5, 0.6) is 0 Å². The topological polar surface area (TPSA) is 21.1 Å². The Morgan fingerprint density at radius 3 is 2.71 bits per heavy atom. The van der Waals surface area contributed by atoms with Gasteiger partial charge in [0.25, 0.3) is 0 Å². The highest BCUT2D eigenvalue weighted by atomic mass is 35.5. The Morgan fingerprint density at radius 2 is 2.00 bits per heavy atom. The summed E-state index contributed by atoms with van der Waals surface area (Å²) >= 11 is 6.36. The second-order valence-corrected chi connectivity index (χ2v) is 6.60. The van der Waals surface area contributed by atoms with Crippen LogP contribution in [0.1, 0.15) is 30.7 Å². The van der Waals surface area contributed by atoms with Gasteiger partial charge in [0, 0.05) is 43.9 Å². The molecule has 0 aliphatic carbocycles. The summed E-state index contributed by atoms with van der Waals surface area (Å²) in [5, 5.41) is 5.21. The SMILES string of the molecule is CC(C)Cn1nc(Cl)c2c1CCN(Cc1ccccc1)C2. The zero-order valence-electron chi connectivity index (χ0n) is 12.7. The van der Waals surface area contributed by atoms with E-state index in [1.54, 1.807) is 0 Å². The van der Waals surface area contributed by atoms with Gasteiger partial charge in [-0.3, -0.25) is 9.58 Å². The molecule has 1 aromatic carbocycles. The number of nitrogens with zero attached hydrogens (tertiary/aromatic N) is 3. The van der Waals surface area contributed by atoms with Crippen LogP contribution in [0.2, 0.25) is 5.15 Å². The van der Waals surface area contributed by atoms with Crippen molar-refractivity contribution in [1.82, 2.24) is 14.7 Å². The summed E-state index contributed by atoms with van der Waals surface area (Å²) in [6, 6.07) is 10.6. The largest absolute Gasteiger partial charge is 0.294 e. The Balaban J connectivity index is 1.75. The number of rotatable bonds is 4. The molecule has 0 atom stereocenters. The summed E-state index contributed by atoms with van der Waals surface area (Å²) in [4.78, 5) is 2.45. The maximum Gasteiger partial charge on any atom is 0.155 e. The fraction of sp³-hybridized carbons (Fsp3) is 0.471. The van der Waals surface area contributed by atoms with Crippen LogP contribution < -0.4 is 0 Å². The minimum Gasteiger partial charge on any atom is -0.294 e. The van der Waals surface area contributed by atoms with Crippen molar-refractivity contribution < 1.29 is 0 Å². The molecule has 0 spiro atoms. The van der Waals surface area contributed by atoms with E-state index >= 15 is 0 Å². The van der Waals surface area contributed by atoms with E-state index in [0.717, 1.165) is 32.6 Å². The Bertz CT molecular complexity index is 604. The van der Waals surface area contributed by atoms with E-state index in [2.05, 4.69) is 58.9 Å². The smallest absolute Gasteiger partial charge is 0.155 e. The van der Waals surface area contributed by atoms with E-state index in [-0.39, 0.29) is 0 Å². The molecule has 0 amide bonds. The van der Waals surface area contributed by atoms with Crippen LogP contribution in [0.25, 0.3) is 0 Å². The lowest BCUT2D eigenvalue weighted by atomic mass is 10.1. The average molecular weight is 304 g/mol. The van der Waals surface area contributed by atoms with Crippen LogP contribution in [-0.4, -0.2) is 21.2 Å². The summed E-state index contributed by atoms with van der Waals surface area (Å²) < 4.78 is 2.11. The summed E-state index contributed by atoms with van der Waals surface area (Å²) in [7, 11) is 0. The maximum atomic E-state index is 6.36. The summed E-state index contributed by atoms with van der Waals surface area (Å²) in [5.41, 5.74) is 3.91. The normalized spacial score (nSPS) is 15.4. The second kappa shape index (κ2) is 6.20. The summed E-state index contributed by atoms with van der Waals surface area (Å²) in [6.07, 6.45) is 1.04. The van der Waals surface area contributed by atoms with Crippen LogP contribution in [0, 0.1) is 5.92 Å². The van der Waals surface area contributed by atoms with Crippen molar-refractivity contribution in [2.45, 2.75) is 39.9 Å². The van der Waals surface area contributed by atoms with Crippen molar-refractivity contribution in [2.24, 2.45) is 5.92 Å². The molecule has 0 N–H and O–H groups in total. The first-order valence-corrected chi connectivity index (χ1v) is 8.01. The first kappa shape index (κ1) is 14.6. The third kappa shape index (κ3) is 3.30. The third-order valence-corrected chi connectivity index (χ3v) is 4.25. The zero-order chi connectivity index (χ0) is 14.8. The van der Waals surface area contributed by atoms with Crippen LogP contribution in [-0.2, 0) is 26.1 Å². The first-order valence-electron chi connectivity index (χ1n) is 7.64. The molecule has 0 unspecified atom stereocenters. The highest BCUT2D eigenvalue weighted by molar-refractivity contribution is 6.30. The molecule has 2 aromatic rings. The fourth-order valence-corrected chi connectivity index (χ4v) is 3.24. The van der Waals surface area contributed by atoms with E-state index in [4.69, 9.17) is 11.6 Å². The molecule has 0 radical (unpaired) electrons. The van der Waals surface area contributed by atoms with Crippen LogP contribution in [0.4, 0.5) is 0 Å². The first-order chi connectivity index (χ1) is 10.1. The van der Waals surface area contributed by atoms with Gasteiger partial charge in [0.1, 0.15) is 0 Å². The minimum atomic E-state index is 0.590. The molecule has 3 nitrogen and oxygen atoms in total. The lowest BCUT2D eigenvalue weighted by molar-refractivity contribution is 0.241. The molecule has 0 saturated heterocycles. The van der Waals surface area contributed by atoms with E-state index < -0.39 is 0 Å². The maximum absolute atomic E-state index is 6.36. The van der Waals surface area contributed by atoms with Gasteiger partial charge in [-0.2, -0.15) is 5.10 Å². The molecular formula is C17H22ClN3. The van der Waals surface area contributed by atoms with Crippen molar-refractivity contribution in [3.05, 3.63) is 52.3 Å². The van der Waals surface area contributed by atoms with Crippen molar-refractivity contribution in [1.29, 1.82) is 0 Å². The molecule has 0 fully saturated rings. The number of fused-ring (bicyclic) bond motifs is 1. The lowest BCUT2D eigenvalue weighted by Crippen LogP contribution is -2.31. The second-order valence-electron chi connectivity index (χ2n) is 6.24. The van der Waals surface area contributed by atoms with Gasteiger partial charge in [0.15, 0.2) is 5.15 Å². The lowest BCUT2D eigenvalue weighted by Gasteiger charge is -2.27. The fourth-order valence-electron chi connectivity index (χ4n) is 2.98. The van der Waals surface area contributed by atoms with E-state index in [9.17, 15) is 0 Å². The quantitative estimate of drug-likeness (QED) is 0.857. The number of hydrogen-bond acceptors (Lipinski definition) is 2. The van der Waals surface area contributed by atoms with E-state index in [0.29, 0.717) is 11.1 Å². The molecule has 1 aromatic heterocycles. The van der Waals surface area contributed by atoms with Gasteiger partial charge in [-0.25, -0.2) is 0 Å². The Morgan fingerprint density at radius 1 is 1.24 bits per heavy atom. The van der Waals surface area contributed by atoms with Gasteiger partial charge in [-0.05, 0) is 11.5 Å². The molecule has 1 aliphatic heterocycles. The zero-order valence-corrected chi connectivity index (χ0v) is 13.5. The van der Waals surface area contributed by atoms with Gasteiger partial charge in [-0.15, -0.1) is 0 Å². The Hall–Kier alpha value is -1.32. The van der Waals surface area contributed by atoms with Crippen LogP contribution in [0.3, 0.4) is 0 Å². The molecule has 2 heterocycles. The number of aromatic nitrogens is 2. The van der Waals surface area contributed by atoms with Crippen molar-refractivity contribution in [3.8, 4) is 0 Å². The van der Waals surface area contributed by atoms with Crippen molar-refractivity contribution >= 4 is 11.6 Å². The molecule has 112 valence electrons. The number of halogens is 1. The van der Waals surface area contributed by atoms with E-state index in [1.807, 2.05) is 0 Å².